The molecule has 0 aliphatic rings. The van der Waals surface area contributed by atoms with Crippen LogP contribution >= 0.6 is 23.2 Å². The molecule has 0 radical (unpaired) electrons. The molecular formula is C15H15Cl2N3O2. The van der Waals surface area contributed by atoms with E-state index in [9.17, 15) is 4.79 Å². The van der Waals surface area contributed by atoms with E-state index in [4.69, 9.17) is 27.9 Å². The quantitative estimate of drug-likeness (QED) is 0.647. The molecule has 0 fully saturated rings. The molecule has 1 amide bonds. The van der Waals surface area contributed by atoms with Crippen LogP contribution < -0.4 is 10.2 Å². The number of amides is 1. The summed E-state index contributed by atoms with van der Waals surface area (Å²) in [6, 6.07) is 6.73. The van der Waals surface area contributed by atoms with Gasteiger partial charge in [0.05, 0.1) is 11.2 Å². The minimum absolute atomic E-state index is 0.191. The number of aromatic nitrogens is 1. The lowest BCUT2D eigenvalue weighted by molar-refractivity contribution is -0.123. The van der Waals surface area contributed by atoms with Crippen molar-refractivity contribution in [1.29, 1.82) is 0 Å². The maximum atomic E-state index is 11.6. The van der Waals surface area contributed by atoms with Crippen molar-refractivity contribution in [2.24, 2.45) is 5.10 Å². The second-order valence-electron chi connectivity index (χ2n) is 4.69. The standard InChI is InChI=1S/C15H15Cl2N3O2/c1-9-5-11(10(2)19-9)7-18-20-15(21)8-22-14-4-3-12(16)6-13(14)17/h3-7,19H,8H2,1-2H3,(H,20,21)/b18-7+. The first kappa shape index (κ1) is 16.4. The predicted molar refractivity (Wildman–Crippen MR) is 88.0 cm³/mol. The van der Waals surface area contributed by atoms with Crippen LogP contribution in [0.15, 0.2) is 29.4 Å². The van der Waals surface area contributed by atoms with E-state index in [0.29, 0.717) is 15.8 Å². The molecule has 1 aromatic carbocycles. The summed E-state index contributed by atoms with van der Waals surface area (Å²) in [6.07, 6.45) is 1.58. The molecule has 7 heteroatoms. The number of hydrogen-bond donors (Lipinski definition) is 2. The Kier molecular flexibility index (Phi) is 5.46. The predicted octanol–water partition coefficient (Wildman–Crippen LogP) is 3.47. The van der Waals surface area contributed by atoms with E-state index in [1.54, 1.807) is 24.4 Å². The maximum Gasteiger partial charge on any atom is 0.277 e. The largest absolute Gasteiger partial charge is 0.482 e. The van der Waals surface area contributed by atoms with Gasteiger partial charge < -0.3 is 9.72 Å². The molecule has 0 saturated heterocycles. The van der Waals surface area contributed by atoms with E-state index in [1.165, 1.54) is 0 Å². The molecule has 0 saturated carbocycles. The van der Waals surface area contributed by atoms with Gasteiger partial charge in [-0.2, -0.15) is 5.10 Å². The van der Waals surface area contributed by atoms with Crippen LogP contribution in [0.5, 0.6) is 5.75 Å². The molecule has 0 spiro atoms. The minimum Gasteiger partial charge on any atom is -0.482 e. The van der Waals surface area contributed by atoms with E-state index >= 15 is 0 Å². The van der Waals surface area contributed by atoms with Crippen LogP contribution in [0.4, 0.5) is 0 Å². The van der Waals surface area contributed by atoms with E-state index < -0.39 is 0 Å². The third kappa shape index (κ3) is 4.51. The summed E-state index contributed by atoms with van der Waals surface area (Å²) in [7, 11) is 0. The lowest BCUT2D eigenvalue weighted by Gasteiger charge is -2.06. The lowest BCUT2D eigenvalue weighted by Crippen LogP contribution is -2.24. The molecular weight excluding hydrogens is 325 g/mol. The topological polar surface area (TPSA) is 66.5 Å². The van der Waals surface area contributed by atoms with Gasteiger partial charge in [0, 0.05) is 22.0 Å². The fourth-order valence-corrected chi connectivity index (χ4v) is 2.28. The van der Waals surface area contributed by atoms with Gasteiger partial charge in [-0.3, -0.25) is 4.79 Å². The summed E-state index contributed by atoms with van der Waals surface area (Å²) >= 11 is 11.7. The number of aromatic amines is 1. The molecule has 1 heterocycles. The van der Waals surface area contributed by atoms with Gasteiger partial charge in [0.25, 0.3) is 5.91 Å². The summed E-state index contributed by atoms with van der Waals surface area (Å²) in [4.78, 5) is 14.8. The van der Waals surface area contributed by atoms with E-state index in [0.717, 1.165) is 17.0 Å². The molecule has 0 atom stereocenters. The summed E-state index contributed by atoms with van der Waals surface area (Å²) in [5, 5.41) is 4.74. The number of aryl methyl sites for hydroxylation is 2. The highest BCUT2D eigenvalue weighted by atomic mass is 35.5. The Morgan fingerprint density at radius 2 is 2.14 bits per heavy atom. The van der Waals surface area contributed by atoms with Crippen molar-refractivity contribution in [3.8, 4) is 5.75 Å². The Balaban J connectivity index is 1.84. The number of halogens is 2. The van der Waals surface area contributed by atoms with Crippen molar-refractivity contribution >= 4 is 35.3 Å². The van der Waals surface area contributed by atoms with Gasteiger partial charge in [-0.15, -0.1) is 0 Å². The van der Waals surface area contributed by atoms with Gasteiger partial charge in [0.1, 0.15) is 5.75 Å². The van der Waals surface area contributed by atoms with E-state index in [2.05, 4.69) is 15.5 Å². The third-order valence-electron chi connectivity index (χ3n) is 2.84. The number of carbonyl (C=O) groups is 1. The number of benzene rings is 1. The molecule has 5 nitrogen and oxygen atoms in total. The van der Waals surface area contributed by atoms with E-state index in [-0.39, 0.29) is 12.5 Å². The molecule has 116 valence electrons. The Morgan fingerprint density at radius 1 is 1.36 bits per heavy atom. The monoisotopic (exact) mass is 339 g/mol. The van der Waals surface area contributed by atoms with Crippen molar-refractivity contribution in [2.75, 3.05) is 6.61 Å². The van der Waals surface area contributed by atoms with Crippen LogP contribution in [0.25, 0.3) is 0 Å². The Morgan fingerprint density at radius 3 is 2.77 bits per heavy atom. The van der Waals surface area contributed by atoms with Crippen LogP contribution in [-0.2, 0) is 4.79 Å². The highest BCUT2D eigenvalue weighted by molar-refractivity contribution is 6.35. The molecule has 2 N–H and O–H groups in total. The fourth-order valence-electron chi connectivity index (χ4n) is 1.82. The molecule has 0 aliphatic carbocycles. The first-order valence-corrected chi connectivity index (χ1v) is 7.27. The van der Waals surface area contributed by atoms with E-state index in [1.807, 2.05) is 19.9 Å². The van der Waals surface area contributed by atoms with Crippen molar-refractivity contribution in [3.63, 3.8) is 0 Å². The Bertz CT molecular complexity index is 711. The van der Waals surface area contributed by atoms with Crippen molar-refractivity contribution < 1.29 is 9.53 Å². The number of nitrogens with zero attached hydrogens (tertiary/aromatic N) is 1. The zero-order valence-corrected chi connectivity index (χ0v) is 13.6. The zero-order valence-electron chi connectivity index (χ0n) is 12.1. The number of carbonyl (C=O) groups excluding carboxylic acids is 1. The van der Waals surface area contributed by atoms with Crippen LogP contribution in [0.1, 0.15) is 17.0 Å². The van der Waals surface area contributed by atoms with Crippen molar-refractivity contribution in [1.82, 2.24) is 10.4 Å². The van der Waals surface area contributed by atoms with Gasteiger partial charge in [-0.05, 0) is 38.1 Å². The first-order chi connectivity index (χ1) is 10.5. The van der Waals surface area contributed by atoms with Crippen LogP contribution in [0.3, 0.4) is 0 Å². The summed E-state index contributed by atoms with van der Waals surface area (Å²) in [5.41, 5.74) is 5.33. The second-order valence-corrected chi connectivity index (χ2v) is 5.53. The van der Waals surface area contributed by atoms with Crippen LogP contribution in [-0.4, -0.2) is 23.7 Å². The molecule has 22 heavy (non-hydrogen) atoms. The smallest absolute Gasteiger partial charge is 0.277 e. The molecule has 2 aromatic rings. The van der Waals surface area contributed by atoms with Crippen molar-refractivity contribution in [2.45, 2.75) is 13.8 Å². The molecule has 2 rings (SSSR count). The second kappa shape index (κ2) is 7.33. The Hall–Kier alpha value is -1.98. The average Bonchev–Trinajstić information content (AvgIpc) is 2.76. The average molecular weight is 340 g/mol. The SMILES string of the molecule is Cc1cc(/C=N/NC(=O)COc2ccc(Cl)cc2Cl)c(C)[nH]1. The highest BCUT2D eigenvalue weighted by Crippen LogP contribution is 2.27. The summed E-state index contributed by atoms with van der Waals surface area (Å²) in [6.45, 7) is 3.69. The van der Waals surface area contributed by atoms with Crippen LogP contribution in [0.2, 0.25) is 10.0 Å². The Labute approximate surface area is 138 Å². The number of rotatable bonds is 5. The maximum absolute atomic E-state index is 11.6. The van der Waals surface area contributed by atoms with Crippen molar-refractivity contribution in [3.05, 3.63) is 51.3 Å². The number of ether oxygens (including phenoxy) is 1. The number of nitrogens with one attached hydrogen (secondary N) is 2. The molecule has 1 aromatic heterocycles. The highest BCUT2D eigenvalue weighted by Gasteiger charge is 2.06. The normalized spacial score (nSPS) is 10.9. The van der Waals surface area contributed by atoms with Gasteiger partial charge in [0.2, 0.25) is 0 Å². The number of H-pyrrole nitrogens is 1. The minimum atomic E-state index is -0.382. The molecule has 0 bridgehead atoms. The summed E-state index contributed by atoms with van der Waals surface area (Å²) in [5.74, 6) is 0.00878. The first-order valence-electron chi connectivity index (χ1n) is 6.51. The van der Waals surface area contributed by atoms with Gasteiger partial charge in [-0.1, -0.05) is 23.2 Å². The lowest BCUT2D eigenvalue weighted by atomic mass is 10.3. The number of hydrogen-bond acceptors (Lipinski definition) is 3. The molecule has 0 unspecified atom stereocenters. The summed E-state index contributed by atoms with van der Waals surface area (Å²) < 4.78 is 5.30. The zero-order chi connectivity index (χ0) is 16.1. The number of hydrazone groups is 1. The fraction of sp³-hybridized carbons (Fsp3) is 0.200. The van der Waals surface area contributed by atoms with Gasteiger partial charge in [0.15, 0.2) is 6.61 Å². The third-order valence-corrected chi connectivity index (χ3v) is 3.37. The van der Waals surface area contributed by atoms with Gasteiger partial charge >= 0.3 is 0 Å². The van der Waals surface area contributed by atoms with Crippen LogP contribution in [0, 0.1) is 13.8 Å². The molecule has 0 aliphatic heterocycles. The van der Waals surface area contributed by atoms with Gasteiger partial charge in [-0.25, -0.2) is 5.43 Å².